The third-order valence-corrected chi connectivity index (χ3v) is 2.26. The number of nitrogens with zero attached hydrogens (tertiary/aromatic N) is 1. The lowest BCUT2D eigenvalue weighted by Crippen LogP contribution is -2.28. The number of hydrogen-bond acceptors (Lipinski definition) is 5. The van der Waals surface area contributed by atoms with Gasteiger partial charge in [0, 0.05) is 18.0 Å². The van der Waals surface area contributed by atoms with Crippen LogP contribution in [0.15, 0.2) is 24.5 Å². The van der Waals surface area contributed by atoms with Crippen molar-refractivity contribution < 1.29 is 19.1 Å². The van der Waals surface area contributed by atoms with E-state index < -0.39 is 23.5 Å². The summed E-state index contributed by atoms with van der Waals surface area (Å²) in [5.41, 5.74) is -0.145. The van der Waals surface area contributed by atoms with Crippen molar-refractivity contribution in [3.63, 3.8) is 0 Å². The van der Waals surface area contributed by atoms with Gasteiger partial charge < -0.3 is 9.47 Å². The van der Waals surface area contributed by atoms with Crippen LogP contribution in [-0.2, 0) is 19.1 Å². The van der Waals surface area contributed by atoms with E-state index in [1.165, 1.54) is 19.5 Å². The van der Waals surface area contributed by atoms with Gasteiger partial charge in [-0.1, -0.05) is 0 Å². The highest BCUT2D eigenvalue weighted by molar-refractivity contribution is 5.82. The van der Waals surface area contributed by atoms with Crippen LogP contribution in [0, 0.1) is 5.41 Å². The van der Waals surface area contributed by atoms with E-state index in [4.69, 9.17) is 4.74 Å². The maximum absolute atomic E-state index is 11.8. The highest BCUT2D eigenvalue weighted by Crippen LogP contribution is 2.24. The Balaban J connectivity index is 2.95. The number of esters is 2. The number of pyridine rings is 1. The molecule has 0 aromatic carbocycles. The SMILES string of the molecule is COC(=O)C(OC(=O)C(C)(C)C)c1ccncc1. The second kappa shape index (κ2) is 5.62. The molecule has 5 heteroatoms. The second-order valence-corrected chi connectivity index (χ2v) is 4.84. The molecule has 98 valence electrons. The van der Waals surface area contributed by atoms with Crippen molar-refractivity contribution in [2.45, 2.75) is 26.9 Å². The van der Waals surface area contributed by atoms with E-state index in [9.17, 15) is 9.59 Å². The van der Waals surface area contributed by atoms with Gasteiger partial charge in [0.1, 0.15) is 0 Å². The van der Waals surface area contributed by atoms with Crippen molar-refractivity contribution >= 4 is 11.9 Å². The molecule has 0 N–H and O–H groups in total. The smallest absolute Gasteiger partial charge is 0.351 e. The lowest BCUT2D eigenvalue weighted by molar-refractivity contribution is -0.172. The summed E-state index contributed by atoms with van der Waals surface area (Å²) in [5.74, 6) is -1.08. The molecule has 0 spiro atoms. The Hall–Kier alpha value is -1.91. The largest absolute Gasteiger partial charge is 0.466 e. The molecule has 0 fully saturated rings. The zero-order valence-electron chi connectivity index (χ0n) is 11.0. The summed E-state index contributed by atoms with van der Waals surface area (Å²) in [4.78, 5) is 27.3. The normalized spacial score (nSPS) is 12.7. The summed E-state index contributed by atoms with van der Waals surface area (Å²) in [6.45, 7) is 5.16. The number of ether oxygens (including phenoxy) is 2. The molecule has 18 heavy (non-hydrogen) atoms. The van der Waals surface area contributed by atoms with Crippen LogP contribution in [0.2, 0.25) is 0 Å². The van der Waals surface area contributed by atoms with Gasteiger partial charge in [-0.3, -0.25) is 9.78 Å². The van der Waals surface area contributed by atoms with E-state index in [-0.39, 0.29) is 0 Å². The highest BCUT2D eigenvalue weighted by Gasteiger charge is 2.31. The summed E-state index contributed by atoms with van der Waals surface area (Å²) in [7, 11) is 1.25. The van der Waals surface area contributed by atoms with Gasteiger partial charge in [0.15, 0.2) is 0 Å². The molecule has 0 aliphatic carbocycles. The summed E-state index contributed by atoms with van der Waals surface area (Å²) >= 11 is 0. The third kappa shape index (κ3) is 3.55. The molecule has 1 heterocycles. The van der Waals surface area contributed by atoms with Gasteiger partial charge in [0.05, 0.1) is 12.5 Å². The molecule has 1 unspecified atom stereocenters. The number of carbonyl (C=O) groups is 2. The Morgan fingerprint density at radius 2 is 1.78 bits per heavy atom. The standard InChI is InChI=1S/C13H17NO4/c1-13(2,3)12(16)18-10(11(15)17-4)9-5-7-14-8-6-9/h5-8,10H,1-4H3. The van der Waals surface area contributed by atoms with Crippen molar-refractivity contribution in [3.8, 4) is 0 Å². The van der Waals surface area contributed by atoms with Crippen LogP contribution in [0.3, 0.4) is 0 Å². The first-order valence-corrected chi connectivity index (χ1v) is 5.55. The van der Waals surface area contributed by atoms with Crippen LogP contribution >= 0.6 is 0 Å². The van der Waals surface area contributed by atoms with Crippen molar-refractivity contribution in [2.75, 3.05) is 7.11 Å². The Morgan fingerprint density at radius 3 is 2.22 bits per heavy atom. The first kappa shape index (κ1) is 14.2. The van der Waals surface area contributed by atoms with Gasteiger partial charge in [-0.2, -0.15) is 0 Å². The summed E-state index contributed by atoms with van der Waals surface area (Å²) in [6.07, 6.45) is 2.00. The summed E-state index contributed by atoms with van der Waals surface area (Å²) < 4.78 is 9.86. The number of aromatic nitrogens is 1. The molecule has 0 aliphatic rings. The zero-order chi connectivity index (χ0) is 13.8. The molecule has 0 saturated heterocycles. The van der Waals surface area contributed by atoms with Crippen LogP contribution in [-0.4, -0.2) is 24.0 Å². The molecular weight excluding hydrogens is 234 g/mol. The fourth-order valence-electron chi connectivity index (χ4n) is 1.18. The first-order valence-electron chi connectivity index (χ1n) is 5.55. The van der Waals surface area contributed by atoms with Crippen molar-refractivity contribution in [1.29, 1.82) is 0 Å². The predicted octanol–water partition coefficient (Wildman–Crippen LogP) is 1.88. The van der Waals surface area contributed by atoms with Crippen LogP contribution < -0.4 is 0 Å². The minimum atomic E-state index is -1.05. The average Bonchev–Trinajstić information content (AvgIpc) is 2.34. The monoisotopic (exact) mass is 251 g/mol. The van der Waals surface area contributed by atoms with Gasteiger partial charge in [-0.15, -0.1) is 0 Å². The quantitative estimate of drug-likeness (QED) is 0.767. The van der Waals surface area contributed by atoms with E-state index in [1.54, 1.807) is 32.9 Å². The number of rotatable bonds is 3. The van der Waals surface area contributed by atoms with E-state index in [1.807, 2.05) is 0 Å². The van der Waals surface area contributed by atoms with E-state index in [2.05, 4.69) is 9.72 Å². The number of carbonyl (C=O) groups excluding carboxylic acids is 2. The molecule has 0 saturated carbocycles. The molecule has 0 radical (unpaired) electrons. The van der Waals surface area contributed by atoms with Gasteiger partial charge >= 0.3 is 11.9 Å². The summed E-state index contributed by atoms with van der Waals surface area (Å²) in [6, 6.07) is 3.22. The average molecular weight is 251 g/mol. The molecule has 5 nitrogen and oxygen atoms in total. The van der Waals surface area contributed by atoms with Gasteiger partial charge in [-0.25, -0.2) is 4.79 Å². The lowest BCUT2D eigenvalue weighted by atomic mass is 9.97. The van der Waals surface area contributed by atoms with E-state index in [0.29, 0.717) is 5.56 Å². The first-order chi connectivity index (χ1) is 8.36. The minimum Gasteiger partial charge on any atom is -0.466 e. The topological polar surface area (TPSA) is 65.5 Å². The van der Waals surface area contributed by atoms with Crippen LogP contribution in [0.25, 0.3) is 0 Å². The highest BCUT2D eigenvalue weighted by atomic mass is 16.6. The van der Waals surface area contributed by atoms with E-state index in [0.717, 1.165) is 0 Å². The van der Waals surface area contributed by atoms with Gasteiger partial charge in [0.2, 0.25) is 6.10 Å². The molecule has 0 bridgehead atoms. The van der Waals surface area contributed by atoms with Gasteiger partial charge in [-0.05, 0) is 32.9 Å². The lowest BCUT2D eigenvalue weighted by Gasteiger charge is -2.21. The maximum atomic E-state index is 11.8. The third-order valence-electron chi connectivity index (χ3n) is 2.26. The van der Waals surface area contributed by atoms with Crippen molar-refractivity contribution in [3.05, 3.63) is 30.1 Å². The Labute approximate surface area is 106 Å². The Morgan fingerprint density at radius 1 is 1.22 bits per heavy atom. The molecule has 0 amide bonds. The Kier molecular flexibility index (Phi) is 4.42. The predicted molar refractivity (Wildman–Crippen MR) is 64.5 cm³/mol. The molecule has 1 rings (SSSR count). The number of hydrogen-bond donors (Lipinski definition) is 0. The maximum Gasteiger partial charge on any atom is 0.351 e. The van der Waals surface area contributed by atoms with Crippen molar-refractivity contribution in [2.24, 2.45) is 5.41 Å². The van der Waals surface area contributed by atoms with Crippen molar-refractivity contribution in [1.82, 2.24) is 4.98 Å². The zero-order valence-corrected chi connectivity index (χ0v) is 11.0. The molecule has 1 aromatic heterocycles. The fourth-order valence-corrected chi connectivity index (χ4v) is 1.18. The molecule has 0 aliphatic heterocycles. The fraction of sp³-hybridized carbons (Fsp3) is 0.462. The minimum absolute atomic E-state index is 0.463. The molecular formula is C13H17NO4. The Bertz CT molecular complexity index is 422. The summed E-state index contributed by atoms with van der Waals surface area (Å²) in [5, 5.41) is 0. The van der Waals surface area contributed by atoms with E-state index >= 15 is 0 Å². The molecule has 1 atom stereocenters. The van der Waals surface area contributed by atoms with Crippen LogP contribution in [0.5, 0.6) is 0 Å². The molecule has 1 aromatic rings. The second-order valence-electron chi connectivity index (χ2n) is 4.84. The van der Waals surface area contributed by atoms with Crippen LogP contribution in [0.4, 0.5) is 0 Å². The van der Waals surface area contributed by atoms with Gasteiger partial charge in [0.25, 0.3) is 0 Å². The van der Waals surface area contributed by atoms with Crippen LogP contribution in [0.1, 0.15) is 32.4 Å². The number of methoxy groups -OCH3 is 1.